The third-order valence-electron chi connectivity index (χ3n) is 6.33. The van der Waals surface area contributed by atoms with Crippen LogP contribution in [0.2, 0.25) is 0 Å². The van der Waals surface area contributed by atoms with Gasteiger partial charge in [-0.25, -0.2) is 0 Å². The molecule has 0 bridgehead atoms. The van der Waals surface area contributed by atoms with Crippen LogP contribution in [-0.4, -0.2) is 48.6 Å². The SMILES string of the molecule is C=CCOc1ccc(C2/C(=C(\O)c3ccc(OC)cc3)C(=O)C(=O)N2CCc2ccccc2)cc1OCC. The van der Waals surface area contributed by atoms with Gasteiger partial charge in [0.15, 0.2) is 11.5 Å². The Hall–Kier alpha value is -4.52. The summed E-state index contributed by atoms with van der Waals surface area (Å²) in [5, 5.41) is 11.3. The molecule has 196 valence electrons. The second-order valence-electron chi connectivity index (χ2n) is 8.70. The molecule has 0 saturated carbocycles. The smallest absolute Gasteiger partial charge is 0.295 e. The highest BCUT2D eigenvalue weighted by Gasteiger charge is 2.46. The lowest BCUT2D eigenvalue weighted by molar-refractivity contribution is -0.139. The van der Waals surface area contributed by atoms with E-state index < -0.39 is 17.7 Å². The number of carbonyl (C=O) groups excluding carboxylic acids is 2. The number of rotatable bonds is 11. The Morgan fingerprint density at radius 1 is 1.00 bits per heavy atom. The maximum atomic E-state index is 13.4. The van der Waals surface area contributed by atoms with Gasteiger partial charge >= 0.3 is 0 Å². The first-order valence-corrected chi connectivity index (χ1v) is 12.5. The standard InChI is InChI=1S/C31H31NO6/c1-4-19-38-25-16-13-23(20-26(25)37-5-2)28-27(29(33)22-11-14-24(36-3)15-12-22)30(34)31(35)32(28)18-17-21-9-7-6-8-10-21/h4,6-16,20,28,33H,1,5,17-19H2,2-3H3/b29-27+. The number of aliphatic hydroxyl groups excluding tert-OH is 1. The average Bonchev–Trinajstić information content (AvgIpc) is 3.20. The van der Waals surface area contributed by atoms with Gasteiger partial charge in [0.25, 0.3) is 11.7 Å². The molecule has 0 aliphatic carbocycles. The molecule has 1 amide bonds. The zero-order valence-electron chi connectivity index (χ0n) is 21.6. The van der Waals surface area contributed by atoms with Crippen molar-refractivity contribution < 1.29 is 28.9 Å². The summed E-state index contributed by atoms with van der Waals surface area (Å²) in [5.74, 6) is -0.0369. The minimum atomic E-state index is -0.812. The van der Waals surface area contributed by atoms with Gasteiger partial charge in [0.2, 0.25) is 0 Å². The Morgan fingerprint density at radius 2 is 1.74 bits per heavy atom. The number of nitrogens with zero attached hydrogens (tertiary/aromatic N) is 1. The molecule has 38 heavy (non-hydrogen) atoms. The van der Waals surface area contributed by atoms with Crippen LogP contribution in [0.5, 0.6) is 17.2 Å². The van der Waals surface area contributed by atoms with Crippen LogP contribution in [0.25, 0.3) is 5.76 Å². The molecule has 3 aromatic carbocycles. The van der Waals surface area contributed by atoms with E-state index >= 15 is 0 Å². The molecule has 1 N–H and O–H groups in total. The van der Waals surface area contributed by atoms with Gasteiger partial charge < -0.3 is 24.2 Å². The van der Waals surface area contributed by atoms with Crippen LogP contribution in [0.15, 0.2) is 91.0 Å². The second-order valence-corrected chi connectivity index (χ2v) is 8.70. The number of methoxy groups -OCH3 is 1. The molecular weight excluding hydrogens is 482 g/mol. The lowest BCUT2D eigenvalue weighted by Crippen LogP contribution is -2.31. The number of benzene rings is 3. The van der Waals surface area contributed by atoms with Crippen molar-refractivity contribution in [2.24, 2.45) is 0 Å². The highest BCUT2D eigenvalue weighted by Crippen LogP contribution is 2.42. The third-order valence-corrected chi connectivity index (χ3v) is 6.33. The van der Waals surface area contributed by atoms with E-state index in [-0.39, 0.29) is 17.9 Å². The van der Waals surface area contributed by atoms with Crippen LogP contribution < -0.4 is 14.2 Å². The fourth-order valence-electron chi connectivity index (χ4n) is 4.49. The molecule has 7 nitrogen and oxygen atoms in total. The molecule has 1 unspecified atom stereocenters. The summed E-state index contributed by atoms with van der Waals surface area (Å²) in [5.41, 5.74) is 2.09. The molecule has 1 heterocycles. The quantitative estimate of drug-likeness (QED) is 0.162. The first-order chi connectivity index (χ1) is 18.5. The molecular formula is C31H31NO6. The largest absolute Gasteiger partial charge is 0.507 e. The maximum Gasteiger partial charge on any atom is 0.295 e. The van der Waals surface area contributed by atoms with Gasteiger partial charge in [0.1, 0.15) is 18.1 Å². The van der Waals surface area contributed by atoms with Crippen molar-refractivity contribution in [2.75, 3.05) is 26.9 Å². The molecule has 0 radical (unpaired) electrons. The van der Waals surface area contributed by atoms with E-state index in [4.69, 9.17) is 14.2 Å². The molecule has 0 aromatic heterocycles. The predicted octanol–water partition coefficient (Wildman–Crippen LogP) is 5.32. The van der Waals surface area contributed by atoms with Gasteiger partial charge in [-0.15, -0.1) is 0 Å². The van der Waals surface area contributed by atoms with E-state index in [0.29, 0.717) is 48.0 Å². The fourth-order valence-corrected chi connectivity index (χ4v) is 4.49. The van der Waals surface area contributed by atoms with Crippen molar-refractivity contribution in [3.8, 4) is 17.2 Å². The molecule has 1 aliphatic heterocycles. The van der Waals surface area contributed by atoms with E-state index in [1.165, 1.54) is 4.90 Å². The number of likely N-dealkylation sites (tertiary alicyclic amines) is 1. The zero-order chi connectivity index (χ0) is 27.1. The number of hydrogen-bond donors (Lipinski definition) is 1. The highest BCUT2D eigenvalue weighted by atomic mass is 16.5. The van der Waals surface area contributed by atoms with Crippen molar-refractivity contribution in [3.05, 3.63) is 108 Å². The molecule has 3 aromatic rings. The molecule has 1 fully saturated rings. The Bertz CT molecular complexity index is 1330. The Balaban J connectivity index is 1.81. The lowest BCUT2D eigenvalue weighted by atomic mass is 9.94. The van der Waals surface area contributed by atoms with E-state index in [2.05, 4.69) is 6.58 Å². The van der Waals surface area contributed by atoms with E-state index in [9.17, 15) is 14.7 Å². The first-order valence-electron chi connectivity index (χ1n) is 12.5. The molecule has 4 rings (SSSR count). The average molecular weight is 514 g/mol. The van der Waals surface area contributed by atoms with E-state index in [1.54, 1.807) is 55.7 Å². The molecule has 7 heteroatoms. The van der Waals surface area contributed by atoms with Crippen LogP contribution in [0, 0.1) is 0 Å². The summed E-state index contributed by atoms with van der Waals surface area (Å²) in [6.45, 7) is 6.53. The summed E-state index contributed by atoms with van der Waals surface area (Å²) in [6, 6.07) is 20.9. The van der Waals surface area contributed by atoms with Gasteiger partial charge in [-0.05, 0) is 60.9 Å². The van der Waals surface area contributed by atoms with Gasteiger partial charge in [-0.2, -0.15) is 0 Å². The summed E-state index contributed by atoms with van der Waals surface area (Å²) in [7, 11) is 1.55. The summed E-state index contributed by atoms with van der Waals surface area (Å²) in [6.07, 6.45) is 2.18. The van der Waals surface area contributed by atoms with Crippen LogP contribution in [0.4, 0.5) is 0 Å². The number of aliphatic hydroxyl groups is 1. The normalized spacial score (nSPS) is 16.4. The number of hydrogen-bond acceptors (Lipinski definition) is 6. The number of amides is 1. The summed E-state index contributed by atoms with van der Waals surface area (Å²) in [4.78, 5) is 28.2. The lowest BCUT2D eigenvalue weighted by Gasteiger charge is -2.26. The number of Topliss-reactive ketones (excluding diaryl/α,β-unsaturated/α-hetero) is 1. The van der Waals surface area contributed by atoms with Gasteiger partial charge in [0.05, 0.1) is 25.3 Å². The fraction of sp³-hybridized carbons (Fsp3) is 0.226. The van der Waals surface area contributed by atoms with E-state index in [1.807, 2.05) is 37.3 Å². The molecule has 1 saturated heterocycles. The summed E-state index contributed by atoms with van der Waals surface area (Å²) < 4.78 is 16.8. The van der Waals surface area contributed by atoms with Crippen LogP contribution in [-0.2, 0) is 16.0 Å². The summed E-state index contributed by atoms with van der Waals surface area (Å²) >= 11 is 0. The Labute approximate surface area is 222 Å². The van der Waals surface area contributed by atoms with Crippen LogP contribution >= 0.6 is 0 Å². The highest BCUT2D eigenvalue weighted by molar-refractivity contribution is 6.46. The van der Waals surface area contributed by atoms with Crippen molar-refractivity contribution in [1.29, 1.82) is 0 Å². The van der Waals surface area contributed by atoms with Crippen molar-refractivity contribution in [1.82, 2.24) is 4.90 Å². The van der Waals surface area contributed by atoms with Gasteiger partial charge in [-0.1, -0.05) is 49.1 Å². The Kier molecular flexibility index (Phi) is 8.48. The Morgan fingerprint density at radius 3 is 2.39 bits per heavy atom. The zero-order valence-corrected chi connectivity index (χ0v) is 21.6. The molecule has 1 atom stereocenters. The second kappa shape index (κ2) is 12.1. The maximum absolute atomic E-state index is 13.4. The van der Waals surface area contributed by atoms with Crippen molar-refractivity contribution in [3.63, 3.8) is 0 Å². The monoisotopic (exact) mass is 513 g/mol. The molecule has 1 aliphatic rings. The predicted molar refractivity (Wildman–Crippen MR) is 145 cm³/mol. The third kappa shape index (κ3) is 5.57. The number of ether oxygens (including phenoxy) is 3. The topological polar surface area (TPSA) is 85.3 Å². The van der Waals surface area contributed by atoms with Crippen molar-refractivity contribution in [2.45, 2.75) is 19.4 Å². The van der Waals surface area contributed by atoms with Crippen LogP contribution in [0.1, 0.15) is 29.7 Å². The van der Waals surface area contributed by atoms with Crippen molar-refractivity contribution >= 4 is 17.4 Å². The number of carbonyl (C=O) groups is 2. The van der Waals surface area contributed by atoms with Crippen LogP contribution in [0.3, 0.4) is 0 Å². The van der Waals surface area contributed by atoms with Gasteiger partial charge in [-0.3, -0.25) is 9.59 Å². The van der Waals surface area contributed by atoms with E-state index in [0.717, 1.165) is 5.56 Å². The minimum Gasteiger partial charge on any atom is -0.507 e. The first kappa shape index (κ1) is 26.5. The minimum absolute atomic E-state index is 0.0236. The van der Waals surface area contributed by atoms with Gasteiger partial charge in [0, 0.05) is 12.1 Å². The molecule has 0 spiro atoms. The number of ketones is 1.